The van der Waals surface area contributed by atoms with Gasteiger partial charge in [-0.15, -0.1) is 0 Å². The predicted octanol–water partition coefficient (Wildman–Crippen LogP) is 4.49. The SMILES string of the molecule is COc1ccccc1OCC(=O)Oc1ccc(Cl)c2ccccc12. The zero-order valence-corrected chi connectivity index (χ0v) is 13.7. The van der Waals surface area contributed by atoms with Crippen LogP contribution < -0.4 is 14.2 Å². The molecule has 0 aliphatic rings. The van der Waals surface area contributed by atoms with Crippen LogP contribution in [0.25, 0.3) is 10.8 Å². The Kier molecular flexibility index (Phi) is 4.87. The third kappa shape index (κ3) is 3.44. The molecule has 5 heteroatoms. The summed E-state index contributed by atoms with van der Waals surface area (Å²) >= 11 is 6.16. The van der Waals surface area contributed by atoms with E-state index in [1.807, 2.05) is 30.3 Å². The maximum atomic E-state index is 12.1. The molecular formula is C19H15ClO4. The van der Waals surface area contributed by atoms with Crippen LogP contribution >= 0.6 is 11.6 Å². The molecule has 0 saturated carbocycles. The third-order valence-electron chi connectivity index (χ3n) is 3.47. The first-order chi connectivity index (χ1) is 11.7. The van der Waals surface area contributed by atoms with Gasteiger partial charge in [0.05, 0.1) is 7.11 Å². The average molecular weight is 343 g/mol. The van der Waals surface area contributed by atoms with Crippen LogP contribution in [0.5, 0.6) is 17.2 Å². The second kappa shape index (κ2) is 7.23. The highest BCUT2D eigenvalue weighted by Gasteiger charge is 2.12. The molecule has 0 heterocycles. The minimum Gasteiger partial charge on any atom is -0.493 e. The van der Waals surface area contributed by atoms with Gasteiger partial charge in [-0.05, 0) is 24.3 Å². The molecule has 0 bridgehead atoms. The van der Waals surface area contributed by atoms with E-state index in [4.69, 9.17) is 25.8 Å². The first-order valence-electron chi connectivity index (χ1n) is 7.33. The third-order valence-corrected chi connectivity index (χ3v) is 3.80. The molecule has 3 aromatic carbocycles. The van der Waals surface area contributed by atoms with Crippen molar-refractivity contribution >= 4 is 28.3 Å². The molecule has 4 nitrogen and oxygen atoms in total. The van der Waals surface area contributed by atoms with E-state index in [1.165, 1.54) is 0 Å². The maximum absolute atomic E-state index is 12.1. The second-order valence-electron chi connectivity index (χ2n) is 5.00. The van der Waals surface area contributed by atoms with Crippen LogP contribution in [0.2, 0.25) is 5.02 Å². The molecule has 0 aromatic heterocycles. The lowest BCUT2D eigenvalue weighted by atomic mass is 10.1. The monoisotopic (exact) mass is 342 g/mol. The Morgan fingerprint density at radius 1 is 0.875 bits per heavy atom. The van der Waals surface area contributed by atoms with Crippen LogP contribution in [0.1, 0.15) is 0 Å². The molecule has 0 fully saturated rings. The largest absolute Gasteiger partial charge is 0.493 e. The zero-order valence-electron chi connectivity index (χ0n) is 13.0. The minimum atomic E-state index is -0.506. The number of benzene rings is 3. The van der Waals surface area contributed by atoms with Gasteiger partial charge >= 0.3 is 5.97 Å². The lowest BCUT2D eigenvalue weighted by Crippen LogP contribution is -2.18. The molecule has 0 saturated heterocycles. The number of halogens is 1. The van der Waals surface area contributed by atoms with E-state index in [0.29, 0.717) is 22.3 Å². The van der Waals surface area contributed by atoms with Crippen LogP contribution in [0.4, 0.5) is 0 Å². The fourth-order valence-corrected chi connectivity index (χ4v) is 2.58. The molecule has 0 radical (unpaired) electrons. The van der Waals surface area contributed by atoms with Gasteiger partial charge in [0.1, 0.15) is 5.75 Å². The smallest absolute Gasteiger partial charge is 0.349 e. The Bertz CT molecular complexity index is 876. The van der Waals surface area contributed by atoms with Crippen molar-refractivity contribution in [3.8, 4) is 17.2 Å². The van der Waals surface area contributed by atoms with Crippen molar-refractivity contribution in [1.29, 1.82) is 0 Å². The summed E-state index contributed by atoms with van der Waals surface area (Å²) in [6.45, 7) is -0.225. The summed E-state index contributed by atoms with van der Waals surface area (Å²) in [5, 5.41) is 2.21. The average Bonchev–Trinajstić information content (AvgIpc) is 2.63. The molecular weight excluding hydrogens is 328 g/mol. The van der Waals surface area contributed by atoms with Crippen LogP contribution in [-0.2, 0) is 4.79 Å². The van der Waals surface area contributed by atoms with Crippen LogP contribution in [0.3, 0.4) is 0 Å². The number of ether oxygens (including phenoxy) is 3. The Hall–Kier alpha value is -2.72. The number of rotatable bonds is 5. The Balaban J connectivity index is 1.73. The minimum absolute atomic E-state index is 0.225. The summed E-state index contributed by atoms with van der Waals surface area (Å²) in [7, 11) is 1.54. The number of carbonyl (C=O) groups excluding carboxylic acids is 1. The molecule has 0 aliphatic carbocycles. The molecule has 24 heavy (non-hydrogen) atoms. The zero-order chi connectivity index (χ0) is 16.9. The van der Waals surface area contributed by atoms with E-state index < -0.39 is 5.97 Å². The normalized spacial score (nSPS) is 10.4. The second-order valence-corrected chi connectivity index (χ2v) is 5.41. The summed E-state index contributed by atoms with van der Waals surface area (Å²) < 4.78 is 16.1. The highest BCUT2D eigenvalue weighted by atomic mass is 35.5. The summed E-state index contributed by atoms with van der Waals surface area (Å²) in [4.78, 5) is 12.1. The van der Waals surface area contributed by atoms with E-state index >= 15 is 0 Å². The Morgan fingerprint density at radius 3 is 2.29 bits per heavy atom. The number of fused-ring (bicyclic) bond motifs is 1. The first-order valence-corrected chi connectivity index (χ1v) is 7.70. The topological polar surface area (TPSA) is 44.8 Å². The van der Waals surface area contributed by atoms with Gasteiger partial charge in [-0.2, -0.15) is 0 Å². The summed E-state index contributed by atoms with van der Waals surface area (Å²) in [5.41, 5.74) is 0. The lowest BCUT2D eigenvalue weighted by Gasteiger charge is -2.11. The summed E-state index contributed by atoms with van der Waals surface area (Å²) in [5.74, 6) is 0.983. The molecule has 0 spiro atoms. The van der Waals surface area contributed by atoms with E-state index in [-0.39, 0.29) is 6.61 Å². The Labute approximate surface area is 144 Å². The molecule has 0 unspecified atom stereocenters. The van der Waals surface area contributed by atoms with Gasteiger partial charge in [-0.25, -0.2) is 4.79 Å². The maximum Gasteiger partial charge on any atom is 0.349 e. The van der Waals surface area contributed by atoms with Crippen molar-refractivity contribution in [3.63, 3.8) is 0 Å². The Morgan fingerprint density at radius 2 is 1.54 bits per heavy atom. The van der Waals surface area contributed by atoms with Crippen LogP contribution in [0.15, 0.2) is 60.7 Å². The number of para-hydroxylation sites is 2. The van der Waals surface area contributed by atoms with Crippen LogP contribution in [0, 0.1) is 0 Å². The van der Waals surface area contributed by atoms with Gasteiger partial charge in [0.2, 0.25) is 0 Å². The van der Waals surface area contributed by atoms with Gasteiger partial charge in [0.15, 0.2) is 18.1 Å². The lowest BCUT2D eigenvalue weighted by molar-refractivity contribution is -0.136. The van der Waals surface area contributed by atoms with Crippen molar-refractivity contribution < 1.29 is 19.0 Å². The fourth-order valence-electron chi connectivity index (χ4n) is 2.35. The fraction of sp³-hybridized carbons (Fsp3) is 0.105. The number of carbonyl (C=O) groups is 1. The highest BCUT2D eigenvalue weighted by molar-refractivity contribution is 6.35. The number of methoxy groups -OCH3 is 1. The summed E-state index contributed by atoms with van der Waals surface area (Å²) in [6.07, 6.45) is 0. The highest BCUT2D eigenvalue weighted by Crippen LogP contribution is 2.31. The molecule has 0 aliphatic heterocycles. The van der Waals surface area contributed by atoms with E-state index in [0.717, 1.165) is 10.8 Å². The molecule has 122 valence electrons. The molecule has 3 rings (SSSR count). The van der Waals surface area contributed by atoms with Gasteiger partial charge in [0, 0.05) is 15.8 Å². The van der Waals surface area contributed by atoms with Gasteiger partial charge < -0.3 is 14.2 Å². The molecule has 0 amide bonds. The molecule has 0 N–H and O–H groups in total. The van der Waals surface area contributed by atoms with Crippen LogP contribution in [-0.4, -0.2) is 19.7 Å². The quantitative estimate of drug-likeness (QED) is 0.506. The standard InChI is InChI=1S/C19H15ClO4/c1-22-17-8-4-5-9-18(17)23-12-19(21)24-16-11-10-15(20)13-6-2-3-7-14(13)16/h2-11H,12H2,1H3. The first kappa shape index (κ1) is 16.1. The molecule has 0 atom stereocenters. The van der Waals surface area contributed by atoms with E-state index in [1.54, 1.807) is 37.4 Å². The van der Waals surface area contributed by atoms with Gasteiger partial charge in [-0.3, -0.25) is 0 Å². The van der Waals surface area contributed by atoms with E-state index in [9.17, 15) is 4.79 Å². The van der Waals surface area contributed by atoms with Gasteiger partial charge in [0.25, 0.3) is 0 Å². The van der Waals surface area contributed by atoms with Crippen molar-refractivity contribution in [2.45, 2.75) is 0 Å². The van der Waals surface area contributed by atoms with Crippen molar-refractivity contribution in [2.24, 2.45) is 0 Å². The number of esters is 1. The van der Waals surface area contributed by atoms with Crippen molar-refractivity contribution in [2.75, 3.05) is 13.7 Å². The van der Waals surface area contributed by atoms with Crippen molar-refractivity contribution in [1.82, 2.24) is 0 Å². The number of hydrogen-bond acceptors (Lipinski definition) is 4. The molecule has 3 aromatic rings. The number of hydrogen-bond donors (Lipinski definition) is 0. The van der Waals surface area contributed by atoms with E-state index in [2.05, 4.69) is 0 Å². The van der Waals surface area contributed by atoms with Gasteiger partial charge in [-0.1, -0.05) is 48.0 Å². The van der Waals surface area contributed by atoms with Crippen molar-refractivity contribution in [3.05, 3.63) is 65.7 Å². The predicted molar refractivity (Wildman–Crippen MR) is 93.1 cm³/mol. The summed E-state index contributed by atoms with van der Waals surface area (Å²) in [6, 6.07) is 18.0.